The standard InChI is InChI=1S/C32H31FN6O3/c1-6-25(40)37-13-14-38(20(5)17-37)30-23-16-24(33)27(22-9-7-8-21-11-15-42-29(21)22)35-31(23)39(32(41)36-30)28-19(4)10-12-34-26(28)18(2)3/h6-12,15-16,18,20H,1,13-14,17H2,2-5H3/t20-/m0/s1. The number of anilines is 1. The molecule has 0 bridgehead atoms. The smallest absolute Gasteiger partial charge is 0.355 e. The number of nitrogens with zero attached hydrogens (tertiary/aromatic N) is 6. The van der Waals surface area contributed by atoms with Crippen LogP contribution in [0.3, 0.4) is 0 Å². The number of aromatic nitrogens is 4. The Labute approximate surface area is 241 Å². The maximum Gasteiger partial charge on any atom is 0.355 e. The van der Waals surface area contributed by atoms with Gasteiger partial charge in [0.25, 0.3) is 0 Å². The van der Waals surface area contributed by atoms with E-state index in [1.54, 1.807) is 23.4 Å². The summed E-state index contributed by atoms with van der Waals surface area (Å²) in [6.45, 7) is 12.7. The topological polar surface area (TPSA) is 97.4 Å². The lowest BCUT2D eigenvalue weighted by Gasteiger charge is -2.40. The molecule has 0 N–H and O–H groups in total. The number of hydrogen-bond donors (Lipinski definition) is 0. The van der Waals surface area contributed by atoms with Gasteiger partial charge in [-0.25, -0.2) is 18.7 Å². The number of hydrogen-bond acceptors (Lipinski definition) is 7. The normalized spacial score (nSPS) is 15.6. The van der Waals surface area contributed by atoms with Gasteiger partial charge < -0.3 is 14.2 Å². The minimum absolute atomic E-state index is 0.00573. The second-order valence-corrected chi connectivity index (χ2v) is 10.9. The lowest BCUT2D eigenvalue weighted by Crippen LogP contribution is -2.54. The SMILES string of the molecule is C=CC(=O)N1CCN(c2nc(=O)n(-c3c(C)ccnc3C(C)C)c3nc(-c4cccc5ccoc45)c(F)cc23)[C@@H](C)C1. The van der Waals surface area contributed by atoms with Gasteiger partial charge >= 0.3 is 5.69 Å². The number of aryl methyl sites for hydroxylation is 1. The fraction of sp³-hybridized carbons (Fsp3) is 0.281. The molecule has 1 aliphatic heterocycles. The number of piperazine rings is 1. The van der Waals surface area contributed by atoms with Crippen LogP contribution in [0.2, 0.25) is 0 Å². The fourth-order valence-corrected chi connectivity index (χ4v) is 5.78. The highest BCUT2D eigenvalue weighted by atomic mass is 19.1. The molecule has 9 nitrogen and oxygen atoms in total. The van der Waals surface area contributed by atoms with Crippen LogP contribution in [-0.2, 0) is 4.79 Å². The number of furan rings is 1. The van der Waals surface area contributed by atoms with Gasteiger partial charge in [0.15, 0.2) is 11.5 Å². The van der Waals surface area contributed by atoms with Gasteiger partial charge in [-0.15, -0.1) is 0 Å². The molecule has 4 aromatic heterocycles. The Balaban J connectivity index is 1.65. The van der Waals surface area contributed by atoms with Crippen molar-refractivity contribution in [2.75, 3.05) is 24.5 Å². The number of carbonyl (C=O) groups is 1. The zero-order valence-electron chi connectivity index (χ0n) is 24.0. The number of benzene rings is 1. The van der Waals surface area contributed by atoms with Crippen LogP contribution >= 0.6 is 0 Å². The molecule has 214 valence electrons. The molecule has 0 radical (unpaired) electrons. The molecule has 5 aromatic rings. The van der Waals surface area contributed by atoms with E-state index in [1.165, 1.54) is 16.7 Å². The fourth-order valence-electron chi connectivity index (χ4n) is 5.78. The van der Waals surface area contributed by atoms with Crippen molar-refractivity contribution in [2.45, 2.75) is 39.7 Å². The van der Waals surface area contributed by atoms with Crippen LogP contribution in [0.15, 0.2) is 70.7 Å². The molecular formula is C32H31FN6O3. The highest BCUT2D eigenvalue weighted by Gasteiger charge is 2.30. The largest absolute Gasteiger partial charge is 0.464 e. The molecule has 1 fully saturated rings. The average Bonchev–Trinajstić information content (AvgIpc) is 3.46. The first-order valence-electron chi connectivity index (χ1n) is 13.9. The van der Waals surface area contributed by atoms with Crippen LogP contribution in [0.1, 0.15) is 37.9 Å². The zero-order chi connectivity index (χ0) is 29.7. The van der Waals surface area contributed by atoms with E-state index in [0.29, 0.717) is 53.4 Å². The number of fused-ring (bicyclic) bond motifs is 2. The van der Waals surface area contributed by atoms with Crippen LogP contribution in [-0.4, -0.2) is 56.0 Å². The van der Waals surface area contributed by atoms with Crippen molar-refractivity contribution in [1.29, 1.82) is 0 Å². The summed E-state index contributed by atoms with van der Waals surface area (Å²) in [5.41, 5.74) is 2.87. The van der Waals surface area contributed by atoms with E-state index in [9.17, 15) is 9.59 Å². The molecule has 1 atom stereocenters. The Kier molecular flexibility index (Phi) is 6.84. The lowest BCUT2D eigenvalue weighted by atomic mass is 10.0. The number of rotatable bonds is 5. The van der Waals surface area contributed by atoms with Crippen molar-refractivity contribution in [3.63, 3.8) is 0 Å². The van der Waals surface area contributed by atoms with Crippen molar-refractivity contribution in [2.24, 2.45) is 0 Å². The summed E-state index contributed by atoms with van der Waals surface area (Å²) in [6.07, 6.45) is 4.56. The van der Waals surface area contributed by atoms with Gasteiger partial charge in [-0.3, -0.25) is 9.78 Å². The van der Waals surface area contributed by atoms with Crippen molar-refractivity contribution in [3.05, 3.63) is 89.1 Å². The molecule has 5 heterocycles. The van der Waals surface area contributed by atoms with Gasteiger partial charge in [0, 0.05) is 42.8 Å². The van der Waals surface area contributed by atoms with Gasteiger partial charge in [-0.05, 0) is 55.7 Å². The van der Waals surface area contributed by atoms with E-state index >= 15 is 4.39 Å². The Morgan fingerprint density at radius 3 is 2.74 bits per heavy atom. The first-order chi connectivity index (χ1) is 20.2. The van der Waals surface area contributed by atoms with Gasteiger partial charge in [-0.1, -0.05) is 32.6 Å². The predicted octanol–water partition coefficient (Wildman–Crippen LogP) is 5.38. The van der Waals surface area contributed by atoms with Crippen LogP contribution in [0, 0.1) is 12.7 Å². The third-order valence-electron chi connectivity index (χ3n) is 7.85. The Morgan fingerprint density at radius 1 is 1.19 bits per heavy atom. The number of pyridine rings is 2. The third kappa shape index (κ3) is 4.43. The van der Waals surface area contributed by atoms with Crippen molar-refractivity contribution >= 4 is 33.7 Å². The molecule has 1 aliphatic rings. The highest BCUT2D eigenvalue weighted by Crippen LogP contribution is 2.35. The van der Waals surface area contributed by atoms with Crippen molar-refractivity contribution in [1.82, 2.24) is 24.4 Å². The van der Waals surface area contributed by atoms with Gasteiger partial charge in [-0.2, -0.15) is 4.98 Å². The molecule has 1 aromatic carbocycles. The summed E-state index contributed by atoms with van der Waals surface area (Å²) < 4.78 is 23.3. The van der Waals surface area contributed by atoms with Gasteiger partial charge in [0.1, 0.15) is 17.1 Å². The Hall–Kier alpha value is -4.86. The van der Waals surface area contributed by atoms with Crippen LogP contribution in [0.5, 0.6) is 0 Å². The summed E-state index contributed by atoms with van der Waals surface area (Å²) in [5.74, 6) is -0.410. The maximum atomic E-state index is 16.1. The number of para-hydroxylation sites is 1. The van der Waals surface area contributed by atoms with Crippen LogP contribution in [0.25, 0.3) is 38.9 Å². The molecule has 0 unspecified atom stereocenters. The Morgan fingerprint density at radius 2 is 2.00 bits per heavy atom. The second kappa shape index (κ2) is 10.5. The molecule has 10 heteroatoms. The monoisotopic (exact) mass is 566 g/mol. The summed E-state index contributed by atoms with van der Waals surface area (Å²) in [7, 11) is 0. The van der Waals surface area contributed by atoms with E-state index in [-0.39, 0.29) is 29.2 Å². The quantitative estimate of drug-likeness (QED) is 0.264. The van der Waals surface area contributed by atoms with Crippen LogP contribution in [0.4, 0.5) is 10.2 Å². The molecule has 1 amide bonds. The van der Waals surface area contributed by atoms with Crippen LogP contribution < -0.4 is 10.6 Å². The Bertz CT molecular complexity index is 1930. The number of carbonyl (C=O) groups excluding carboxylic acids is 1. The number of amides is 1. The molecule has 1 saturated heterocycles. The summed E-state index contributed by atoms with van der Waals surface area (Å²) >= 11 is 0. The zero-order valence-corrected chi connectivity index (χ0v) is 24.0. The average molecular weight is 567 g/mol. The summed E-state index contributed by atoms with van der Waals surface area (Å²) in [4.78, 5) is 43.9. The van der Waals surface area contributed by atoms with Gasteiger partial charge in [0.2, 0.25) is 5.91 Å². The molecule has 0 aliphatic carbocycles. The molecule has 6 rings (SSSR count). The summed E-state index contributed by atoms with van der Waals surface area (Å²) in [6, 6.07) is 10.3. The lowest BCUT2D eigenvalue weighted by molar-refractivity contribution is -0.126. The minimum atomic E-state index is -0.570. The van der Waals surface area contributed by atoms with Gasteiger partial charge in [0.05, 0.1) is 23.0 Å². The molecule has 0 spiro atoms. The molecular weight excluding hydrogens is 535 g/mol. The number of halogens is 1. The first kappa shape index (κ1) is 27.3. The van der Waals surface area contributed by atoms with E-state index in [0.717, 1.165) is 10.9 Å². The highest BCUT2D eigenvalue weighted by molar-refractivity contribution is 5.95. The van der Waals surface area contributed by atoms with Crippen molar-refractivity contribution < 1.29 is 13.6 Å². The second-order valence-electron chi connectivity index (χ2n) is 10.9. The van der Waals surface area contributed by atoms with E-state index < -0.39 is 11.5 Å². The van der Waals surface area contributed by atoms with Crippen molar-refractivity contribution in [3.8, 4) is 16.9 Å². The predicted molar refractivity (Wildman–Crippen MR) is 161 cm³/mol. The summed E-state index contributed by atoms with van der Waals surface area (Å²) in [5, 5.41) is 1.20. The maximum absolute atomic E-state index is 16.1. The van der Waals surface area contributed by atoms with E-state index in [1.807, 2.05) is 56.9 Å². The van der Waals surface area contributed by atoms with E-state index in [4.69, 9.17) is 9.40 Å². The first-order valence-corrected chi connectivity index (χ1v) is 13.9. The molecule has 0 saturated carbocycles. The molecule has 42 heavy (non-hydrogen) atoms. The van der Waals surface area contributed by atoms with E-state index in [2.05, 4.69) is 16.5 Å². The third-order valence-corrected chi connectivity index (χ3v) is 7.85. The minimum Gasteiger partial charge on any atom is -0.464 e.